The maximum absolute atomic E-state index is 13.5. The average Bonchev–Trinajstić information content (AvgIpc) is 2.96. The summed E-state index contributed by atoms with van der Waals surface area (Å²) >= 11 is 1.29. The quantitative estimate of drug-likeness (QED) is 0.127. The van der Waals surface area contributed by atoms with E-state index in [1.807, 2.05) is 36.4 Å². The van der Waals surface area contributed by atoms with Crippen LogP contribution in [0.25, 0.3) is 0 Å². The van der Waals surface area contributed by atoms with Crippen LogP contribution < -0.4 is 20.1 Å². The molecule has 9 nitrogen and oxygen atoms in total. The number of hydrogen-bond donors (Lipinski definition) is 2. The van der Waals surface area contributed by atoms with Gasteiger partial charge in [0.05, 0.1) is 24.8 Å². The van der Waals surface area contributed by atoms with Gasteiger partial charge in [-0.3, -0.25) is 19.7 Å². The van der Waals surface area contributed by atoms with E-state index in [0.29, 0.717) is 28.4 Å². The maximum Gasteiger partial charge on any atom is 0.271 e. The molecule has 2 N–H and O–H groups in total. The molecule has 0 radical (unpaired) electrons. The standard InChI is InChI=1S/C30H27N3O6S/c1-19-15-16-22(33(36)37)18-24(19)32-30(35)28(20-9-5-4-6-10-20)40-23-12-7-11-21(17-23)31-29(34)27-25(38-2)13-8-14-26(27)39-3/h4-18,28H,1-3H3,(H,31,34)(H,32,35). The fourth-order valence-electron chi connectivity index (χ4n) is 4.01. The van der Waals surface area contributed by atoms with E-state index >= 15 is 0 Å². The van der Waals surface area contributed by atoms with Crippen LogP contribution in [0.5, 0.6) is 11.5 Å². The van der Waals surface area contributed by atoms with Crippen molar-refractivity contribution in [1.82, 2.24) is 0 Å². The lowest BCUT2D eigenvalue weighted by atomic mass is 10.1. The van der Waals surface area contributed by atoms with Gasteiger partial charge < -0.3 is 20.1 Å². The van der Waals surface area contributed by atoms with E-state index in [4.69, 9.17) is 9.47 Å². The second-order valence-electron chi connectivity index (χ2n) is 8.67. The van der Waals surface area contributed by atoms with Gasteiger partial charge in [0.1, 0.15) is 22.3 Å². The Bertz CT molecular complexity index is 1520. The van der Waals surface area contributed by atoms with Crippen molar-refractivity contribution in [3.05, 3.63) is 118 Å². The molecule has 0 heterocycles. The van der Waals surface area contributed by atoms with Crippen LogP contribution in [0.2, 0.25) is 0 Å². The molecule has 1 unspecified atom stereocenters. The molecule has 4 aromatic rings. The van der Waals surface area contributed by atoms with Crippen LogP contribution >= 0.6 is 11.8 Å². The second-order valence-corrected chi connectivity index (χ2v) is 9.85. The third-order valence-corrected chi connectivity index (χ3v) is 7.28. The summed E-state index contributed by atoms with van der Waals surface area (Å²) in [5, 5.41) is 16.3. The van der Waals surface area contributed by atoms with Crippen LogP contribution in [0.3, 0.4) is 0 Å². The monoisotopic (exact) mass is 557 g/mol. The first-order valence-electron chi connectivity index (χ1n) is 12.2. The molecule has 0 spiro atoms. The van der Waals surface area contributed by atoms with E-state index in [-0.39, 0.29) is 17.2 Å². The smallest absolute Gasteiger partial charge is 0.271 e. The first kappa shape index (κ1) is 28.2. The average molecular weight is 558 g/mol. The first-order valence-corrected chi connectivity index (χ1v) is 13.1. The molecule has 0 aliphatic carbocycles. The molecule has 40 heavy (non-hydrogen) atoms. The molecule has 0 aliphatic heterocycles. The zero-order valence-electron chi connectivity index (χ0n) is 22.0. The van der Waals surface area contributed by atoms with Crippen molar-refractivity contribution in [1.29, 1.82) is 0 Å². The fraction of sp³-hybridized carbons (Fsp3) is 0.133. The van der Waals surface area contributed by atoms with Crippen LogP contribution in [0.15, 0.2) is 95.9 Å². The van der Waals surface area contributed by atoms with E-state index in [1.54, 1.807) is 49.4 Å². The number of carbonyl (C=O) groups excluding carboxylic acids is 2. The number of carbonyl (C=O) groups is 2. The molecule has 2 amide bonds. The van der Waals surface area contributed by atoms with Gasteiger partial charge in [-0.2, -0.15) is 0 Å². The summed E-state index contributed by atoms with van der Waals surface area (Å²) in [6.07, 6.45) is 0. The molecule has 0 bridgehead atoms. The summed E-state index contributed by atoms with van der Waals surface area (Å²) in [6, 6.07) is 25.8. The van der Waals surface area contributed by atoms with Gasteiger partial charge in [0.25, 0.3) is 11.6 Å². The first-order chi connectivity index (χ1) is 19.3. The SMILES string of the molecule is COc1cccc(OC)c1C(=O)Nc1cccc(SC(C(=O)Nc2cc([N+](=O)[O-])ccc2C)c2ccccc2)c1. The topological polar surface area (TPSA) is 120 Å². The fourth-order valence-corrected chi connectivity index (χ4v) is 5.09. The Kier molecular flexibility index (Phi) is 9.03. The highest BCUT2D eigenvalue weighted by atomic mass is 32.2. The highest BCUT2D eigenvalue weighted by Gasteiger charge is 2.24. The molecular formula is C30H27N3O6S. The third kappa shape index (κ3) is 6.59. The molecular weight excluding hydrogens is 530 g/mol. The van der Waals surface area contributed by atoms with Gasteiger partial charge in [0.2, 0.25) is 5.91 Å². The summed E-state index contributed by atoms with van der Waals surface area (Å²) in [5.41, 5.74) is 2.49. The van der Waals surface area contributed by atoms with Crippen LogP contribution in [0.1, 0.15) is 26.7 Å². The number of methoxy groups -OCH3 is 2. The van der Waals surface area contributed by atoms with Crippen molar-refractivity contribution >= 4 is 40.6 Å². The van der Waals surface area contributed by atoms with Gasteiger partial charge in [-0.15, -0.1) is 11.8 Å². The van der Waals surface area contributed by atoms with Crippen molar-refractivity contribution in [2.75, 3.05) is 24.9 Å². The number of nitro benzene ring substituents is 1. The zero-order valence-corrected chi connectivity index (χ0v) is 22.9. The van der Waals surface area contributed by atoms with E-state index in [1.165, 1.54) is 38.1 Å². The summed E-state index contributed by atoms with van der Waals surface area (Å²) in [5.74, 6) is 0.00205. The summed E-state index contributed by atoms with van der Waals surface area (Å²) in [4.78, 5) is 38.2. The molecule has 4 rings (SSSR count). The third-order valence-electron chi connectivity index (χ3n) is 6.03. The van der Waals surface area contributed by atoms with Gasteiger partial charge in [0, 0.05) is 22.7 Å². The summed E-state index contributed by atoms with van der Waals surface area (Å²) in [7, 11) is 2.96. The number of thioether (sulfide) groups is 1. The minimum Gasteiger partial charge on any atom is -0.496 e. The van der Waals surface area contributed by atoms with Gasteiger partial charge >= 0.3 is 0 Å². The normalized spacial score (nSPS) is 11.3. The molecule has 0 saturated heterocycles. The summed E-state index contributed by atoms with van der Waals surface area (Å²) in [6.45, 7) is 1.77. The Balaban J connectivity index is 1.59. The number of non-ortho nitro benzene ring substituents is 1. The van der Waals surface area contributed by atoms with Crippen LogP contribution in [0.4, 0.5) is 17.1 Å². The highest BCUT2D eigenvalue weighted by Crippen LogP contribution is 2.38. The number of amides is 2. The van der Waals surface area contributed by atoms with Crippen molar-refractivity contribution in [3.63, 3.8) is 0 Å². The van der Waals surface area contributed by atoms with E-state index in [2.05, 4.69) is 10.6 Å². The Morgan fingerprint density at radius 1 is 0.850 bits per heavy atom. The van der Waals surface area contributed by atoms with E-state index in [9.17, 15) is 19.7 Å². The lowest BCUT2D eigenvalue weighted by Gasteiger charge is -2.18. The number of anilines is 2. The minimum absolute atomic E-state index is 0.111. The van der Waals surface area contributed by atoms with Gasteiger partial charge in [-0.25, -0.2) is 0 Å². The minimum atomic E-state index is -0.680. The van der Waals surface area contributed by atoms with Crippen molar-refractivity contribution in [3.8, 4) is 11.5 Å². The van der Waals surface area contributed by atoms with Crippen molar-refractivity contribution in [2.24, 2.45) is 0 Å². The maximum atomic E-state index is 13.5. The van der Waals surface area contributed by atoms with Gasteiger partial charge in [-0.1, -0.05) is 48.5 Å². The second kappa shape index (κ2) is 12.8. The number of rotatable bonds is 10. The van der Waals surface area contributed by atoms with Crippen LogP contribution in [0, 0.1) is 17.0 Å². The highest BCUT2D eigenvalue weighted by molar-refractivity contribution is 8.00. The lowest BCUT2D eigenvalue weighted by molar-refractivity contribution is -0.384. The van der Waals surface area contributed by atoms with E-state index < -0.39 is 16.1 Å². The molecule has 0 saturated carbocycles. The van der Waals surface area contributed by atoms with Crippen LogP contribution in [-0.2, 0) is 4.79 Å². The predicted molar refractivity (Wildman–Crippen MR) is 155 cm³/mol. The van der Waals surface area contributed by atoms with Crippen molar-refractivity contribution < 1.29 is 24.0 Å². The largest absolute Gasteiger partial charge is 0.496 e. The number of benzene rings is 4. The number of ether oxygens (including phenoxy) is 2. The number of nitrogens with one attached hydrogen (secondary N) is 2. The number of nitro groups is 1. The predicted octanol–water partition coefficient (Wildman–Crippen LogP) is 6.64. The summed E-state index contributed by atoms with van der Waals surface area (Å²) < 4.78 is 10.7. The van der Waals surface area contributed by atoms with Gasteiger partial charge in [-0.05, 0) is 48.4 Å². The van der Waals surface area contributed by atoms with Crippen molar-refractivity contribution in [2.45, 2.75) is 17.1 Å². The molecule has 204 valence electrons. The Labute approximate surface area is 235 Å². The zero-order chi connectivity index (χ0) is 28.6. The van der Waals surface area contributed by atoms with Crippen LogP contribution in [-0.4, -0.2) is 31.0 Å². The Morgan fingerprint density at radius 3 is 2.17 bits per heavy atom. The number of hydrogen-bond acceptors (Lipinski definition) is 7. The molecule has 4 aromatic carbocycles. The molecule has 10 heteroatoms. The molecule has 1 atom stereocenters. The molecule has 0 fully saturated rings. The molecule has 0 aliphatic rings. The Hall–Kier alpha value is -4.83. The Morgan fingerprint density at radius 2 is 1.52 bits per heavy atom. The number of nitrogens with zero attached hydrogens (tertiary/aromatic N) is 1. The van der Waals surface area contributed by atoms with E-state index in [0.717, 1.165) is 10.5 Å². The number of aryl methyl sites for hydroxylation is 1. The lowest BCUT2D eigenvalue weighted by Crippen LogP contribution is -2.19. The molecule has 0 aromatic heterocycles. The van der Waals surface area contributed by atoms with Gasteiger partial charge in [0.15, 0.2) is 0 Å².